The molecule has 0 heterocycles. The third-order valence-corrected chi connectivity index (χ3v) is 5.93. The van der Waals surface area contributed by atoms with Gasteiger partial charge >= 0.3 is 0 Å². The van der Waals surface area contributed by atoms with Gasteiger partial charge in [0.15, 0.2) is 0 Å². The molecule has 2 unspecified atom stereocenters. The van der Waals surface area contributed by atoms with Crippen molar-refractivity contribution in [2.24, 2.45) is 11.8 Å². The predicted octanol–water partition coefficient (Wildman–Crippen LogP) is 8.56. The van der Waals surface area contributed by atoms with Crippen molar-refractivity contribution in [1.82, 2.24) is 0 Å². The zero-order chi connectivity index (χ0) is 18.6. The van der Waals surface area contributed by atoms with Crippen LogP contribution in [0.5, 0.6) is 0 Å². The molecule has 0 aliphatic rings. The molecule has 0 saturated carbocycles. The second-order valence-electron chi connectivity index (χ2n) is 8.14. The maximum absolute atomic E-state index is 5.99. The molecule has 0 aliphatic carbocycles. The van der Waals surface area contributed by atoms with Gasteiger partial charge in [-0.2, -0.15) is 0 Å². The Labute approximate surface area is 160 Å². The first kappa shape index (κ1) is 25.0. The first-order valence-corrected chi connectivity index (χ1v) is 11.9. The molecule has 0 fully saturated rings. The average Bonchev–Trinajstić information content (AvgIpc) is 2.64. The van der Waals surface area contributed by atoms with Crippen molar-refractivity contribution >= 4 is 0 Å². The zero-order valence-corrected chi connectivity index (χ0v) is 18.3. The highest BCUT2D eigenvalue weighted by atomic mass is 16.5. The Morgan fingerprint density at radius 1 is 0.480 bits per heavy atom. The van der Waals surface area contributed by atoms with Crippen LogP contribution >= 0.6 is 0 Å². The average molecular weight is 355 g/mol. The highest BCUT2D eigenvalue weighted by molar-refractivity contribution is 4.60. The Hall–Kier alpha value is -0.0400. The quantitative estimate of drug-likeness (QED) is 0.199. The molecule has 0 radical (unpaired) electrons. The minimum atomic E-state index is 0.891. The van der Waals surface area contributed by atoms with Gasteiger partial charge in [0.05, 0.1) is 0 Å². The van der Waals surface area contributed by atoms with Crippen molar-refractivity contribution < 1.29 is 4.74 Å². The van der Waals surface area contributed by atoms with Gasteiger partial charge in [0.1, 0.15) is 0 Å². The van der Waals surface area contributed by atoms with Crippen LogP contribution in [0, 0.1) is 11.8 Å². The first-order valence-electron chi connectivity index (χ1n) is 11.9. The number of rotatable bonds is 20. The summed E-state index contributed by atoms with van der Waals surface area (Å²) in [5.74, 6) is 1.78. The molecule has 0 amide bonds. The SMILES string of the molecule is CCCCCCCC(CC)CCOCCC(CC)CCCCCCC. The summed E-state index contributed by atoms with van der Waals surface area (Å²) in [7, 11) is 0. The molecule has 0 aromatic carbocycles. The maximum atomic E-state index is 5.99. The van der Waals surface area contributed by atoms with Crippen LogP contribution in [-0.4, -0.2) is 13.2 Å². The van der Waals surface area contributed by atoms with Gasteiger partial charge in [0.2, 0.25) is 0 Å². The van der Waals surface area contributed by atoms with E-state index < -0.39 is 0 Å². The van der Waals surface area contributed by atoms with Gasteiger partial charge in [-0.3, -0.25) is 0 Å². The van der Waals surface area contributed by atoms with Crippen LogP contribution in [0.15, 0.2) is 0 Å². The minimum Gasteiger partial charge on any atom is -0.381 e. The fraction of sp³-hybridized carbons (Fsp3) is 1.00. The highest BCUT2D eigenvalue weighted by Gasteiger charge is 2.08. The molecular formula is C24H50O. The van der Waals surface area contributed by atoms with Crippen molar-refractivity contribution in [3.8, 4) is 0 Å². The van der Waals surface area contributed by atoms with Crippen molar-refractivity contribution in [2.75, 3.05) is 13.2 Å². The van der Waals surface area contributed by atoms with E-state index in [1.807, 2.05) is 0 Å². The topological polar surface area (TPSA) is 9.23 Å². The molecule has 1 heteroatoms. The Kier molecular flexibility index (Phi) is 20.2. The molecule has 25 heavy (non-hydrogen) atoms. The largest absolute Gasteiger partial charge is 0.381 e. The Morgan fingerprint density at radius 3 is 1.24 bits per heavy atom. The Balaban J connectivity index is 3.55. The highest BCUT2D eigenvalue weighted by Crippen LogP contribution is 2.20. The molecule has 0 aromatic heterocycles. The molecule has 152 valence electrons. The van der Waals surface area contributed by atoms with Crippen LogP contribution in [0.1, 0.15) is 130 Å². The van der Waals surface area contributed by atoms with Crippen LogP contribution < -0.4 is 0 Å². The van der Waals surface area contributed by atoms with E-state index in [4.69, 9.17) is 4.74 Å². The van der Waals surface area contributed by atoms with Crippen LogP contribution in [0.2, 0.25) is 0 Å². The molecule has 0 rings (SSSR count). The summed E-state index contributed by atoms with van der Waals surface area (Å²) in [6, 6.07) is 0. The molecule has 0 spiro atoms. The lowest BCUT2D eigenvalue weighted by Gasteiger charge is -2.17. The minimum absolute atomic E-state index is 0.891. The van der Waals surface area contributed by atoms with Gasteiger partial charge in [0, 0.05) is 13.2 Å². The monoisotopic (exact) mass is 354 g/mol. The summed E-state index contributed by atoms with van der Waals surface area (Å²) in [6.45, 7) is 11.3. The van der Waals surface area contributed by atoms with E-state index in [1.165, 1.54) is 103 Å². The second kappa shape index (κ2) is 20.3. The molecular weight excluding hydrogens is 304 g/mol. The summed E-state index contributed by atoms with van der Waals surface area (Å²) >= 11 is 0. The second-order valence-corrected chi connectivity index (χ2v) is 8.14. The summed E-state index contributed by atoms with van der Waals surface area (Å²) in [5.41, 5.74) is 0. The fourth-order valence-corrected chi connectivity index (χ4v) is 3.78. The van der Waals surface area contributed by atoms with Crippen molar-refractivity contribution in [2.45, 2.75) is 130 Å². The number of hydrogen-bond donors (Lipinski definition) is 0. The molecule has 0 N–H and O–H groups in total. The lowest BCUT2D eigenvalue weighted by atomic mass is 9.95. The Morgan fingerprint density at radius 2 is 0.880 bits per heavy atom. The van der Waals surface area contributed by atoms with E-state index in [-0.39, 0.29) is 0 Å². The van der Waals surface area contributed by atoms with Gasteiger partial charge < -0.3 is 4.74 Å². The maximum Gasteiger partial charge on any atom is 0.0468 e. The van der Waals surface area contributed by atoms with E-state index in [1.54, 1.807) is 0 Å². The Bertz CT molecular complexity index is 214. The van der Waals surface area contributed by atoms with E-state index in [2.05, 4.69) is 27.7 Å². The number of unbranched alkanes of at least 4 members (excludes halogenated alkanes) is 8. The van der Waals surface area contributed by atoms with Gasteiger partial charge in [0.25, 0.3) is 0 Å². The third kappa shape index (κ3) is 17.1. The van der Waals surface area contributed by atoms with Crippen LogP contribution in [0.3, 0.4) is 0 Å². The van der Waals surface area contributed by atoms with Gasteiger partial charge in [-0.05, 0) is 24.7 Å². The summed E-state index contributed by atoms with van der Waals surface area (Å²) in [5, 5.41) is 0. The van der Waals surface area contributed by atoms with Crippen LogP contribution in [-0.2, 0) is 4.74 Å². The van der Waals surface area contributed by atoms with Crippen molar-refractivity contribution in [3.05, 3.63) is 0 Å². The third-order valence-electron chi connectivity index (χ3n) is 5.93. The molecule has 0 bridgehead atoms. The van der Waals surface area contributed by atoms with E-state index in [9.17, 15) is 0 Å². The zero-order valence-electron chi connectivity index (χ0n) is 18.3. The van der Waals surface area contributed by atoms with Crippen molar-refractivity contribution in [3.63, 3.8) is 0 Å². The van der Waals surface area contributed by atoms with Crippen LogP contribution in [0.4, 0.5) is 0 Å². The summed E-state index contributed by atoms with van der Waals surface area (Å²) < 4.78 is 5.99. The summed E-state index contributed by atoms with van der Waals surface area (Å²) in [4.78, 5) is 0. The molecule has 1 nitrogen and oxygen atoms in total. The van der Waals surface area contributed by atoms with Gasteiger partial charge in [-0.15, -0.1) is 0 Å². The standard InChI is InChI=1S/C24H50O/c1-5-9-11-13-15-17-23(7-3)19-21-25-22-20-24(8-4)18-16-14-12-10-6-2/h23-24H,5-22H2,1-4H3. The normalized spacial score (nSPS) is 13.9. The van der Waals surface area contributed by atoms with Crippen LogP contribution in [0.25, 0.3) is 0 Å². The van der Waals surface area contributed by atoms with E-state index >= 15 is 0 Å². The lowest BCUT2D eigenvalue weighted by Crippen LogP contribution is -2.08. The molecule has 0 aliphatic heterocycles. The van der Waals surface area contributed by atoms with E-state index in [0.717, 1.165) is 25.0 Å². The first-order chi connectivity index (χ1) is 12.3. The summed E-state index contributed by atoms with van der Waals surface area (Å²) in [6.07, 6.45) is 22.1. The van der Waals surface area contributed by atoms with Gasteiger partial charge in [-0.1, -0.05) is 118 Å². The fourth-order valence-electron chi connectivity index (χ4n) is 3.78. The van der Waals surface area contributed by atoms with Crippen molar-refractivity contribution in [1.29, 1.82) is 0 Å². The smallest absolute Gasteiger partial charge is 0.0468 e. The predicted molar refractivity (Wildman–Crippen MR) is 114 cm³/mol. The van der Waals surface area contributed by atoms with E-state index in [0.29, 0.717) is 0 Å². The molecule has 0 saturated heterocycles. The number of ether oxygens (including phenoxy) is 1. The molecule has 0 aromatic rings. The van der Waals surface area contributed by atoms with Gasteiger partial charge in [-0.25, -0.2) is 0 Å². The lowest BCUT2D eigenvalue weighted by molar-refractivity contribution is 0.103. The number of hydrogen-bond acceptors (Lipinski definition) is 1. The molecule has 2 atom stereocenters.